The summed E-state index contributed by atoms with van der Waals surface area (Å²) in [7, 11) is 0. The molecule has 1 aliphatic carbocycles. The van der Waals surface area contributed by atoms with E-state index in [1.54, 1.807) is 43.9 Å². The fourth-order valence-corrected chi connectivity index (χ4v) is 6.20. The van der Waals surface area contributed by atoms with Gasteiger partial charge in [0.05, 0.1) is 16.8 Å². The summed E-state index contributed by atoms with van der Waals surface area (Å²) < 4.78 is 11.3. The summed E-state index contributed by atoms with van der Waals surface area (Å²) in [6.45, 7) is 14.5. The number of amides is 4. The van der Waals surface area contributed by atoms with Crippen molar-refractivity contribution in [3.05, 3.63) is 23.2 Å². The highest BCUT2D eigenvalue weighted by atomic mass is 35.5. The highest BCUT2D eigenvalue weighted by Gasteiger charge is 2.65. The van der Waals surface area contributed by atoms with Gasteiger partial charge in [-0.05, 0) is 75.5 Å². The number of hydrogen-bond donors (Lipinski definition) is 2. The van der Waals surface area contributed by atoms with Crippen molar-refractivity contribution in [3.8, 4) is 0 Å². The summed E-state index contributed by atoms with van der Waals surface area (Å²) in [5, 5.41) is 14.0. The third-order valence-corrected chi connectivity index (χ3v) is 9.00. The fourth-order valence-electron chi connectivity index (χ4n) is 6.04. The molecular formula is C30H42ClN3O7. The first-order valence-corrected chi connectivity index (χ1v) is 14.7. The van der Waals surface area contributed by atoms with Crippen LogP contribution >= 0.6 is 11.6 Å². The van der Waals surface area contributed by atoms with Crippen molar-refractivity contribution in [2.24, 2.45) is 17.3 Å². The van der Waals surface area contributed by atoms with Gasteiger partial charge in [0.25, 0.3) is 17.7 Å². The van der Waals surface area contributed by atoms with Crippen molar-refractivity contribution in [1.82, 2.24) is 4.90 Å². The minimum absolute atomic E-state index is 0.151. The summed E-state index contributed by atoms with van der Waals surface area (Å²) in [5.41, 5.74) is -2.12. The summed E-state index contributed by atoms with van der Waals surface area (Å²) in [6.07, 6.45) is -0.0950. The number of rotatable bonds is 7. The molecular weight excluding hydrogens is 550 g/mol. The number of carbonyl (C=O) groups is 4. The molecule has 11 heteroatoms. The average Bonchev–Trinajstić information content (AvgIpc) is 3.56. The predicted octanol–water partition coefficient (Wildman–Crippen LogP) is 4.76. The number of aliphatic hydroxyl groups is 1. The van der Waals surface area contributed by atoms with Crippen molar-refractivity contribution in [2.75, 3.05) is 16.8 Å². The summed E-state index contributed by atoms with van der Waals surface area (Å²) in [6, 6.07) is 3.23. The number of cyclic esters (lactones) is 1. The van der Waals surface area contributed by atoms with Crippen molar-refractivity contribution < 1.29 is 33.8 Å². The van der Waals surface area contributed by atoms with Crippen LogP contribution in [0.15, 0.2) is 18.2 Å². The van der Waals surface area contributed by atoms with Gasteiger partial charge in [-0.3, -0.25) is 14.4 Å². The second kappa shape index (κ2) is 10.9. The van der Waals surface area contributed by atoms with Gasteiger partial charge in [-0.1, -0.05) is 46.2 Å². The van der Waals surface area contributed by atoms with Gasteiger partial charge in [0.1, 0.15) is 11.6 Å². The van der Waals surface area contributed by atoms with Crippen LogP contribution in [0.4, 0.5) is 16.2 Å². The van der Waals surface area contributed by atoms with E-state index in [4.69, 9.17) is 21.1 Å². The van der Waals surface area contributed by atoms with E-state index in [-0.39, 0.29) is 22.5 Å². The number of nitrogens with one attached hydrogen (secondary N) is 1. The van der Waals surface area contributed by atoms with Crippen LogP contribution in [-0.4, -0.2) is 69.8 Å². The third kappa shape index (κ3) is 5.70. The lowest BCUT2D eigenvalue weighted by atomic mass is 9.73. The van der Waals surface area contributed by atoms with Gasteiger partial charge in [0.15, 0.2) is 11.7 Å². The predicted molar refractivity (Wildman–Crippen MR) is 155 cm³/mol. The maximum atomic E-state index is 13.7. The number of carbonyl (C=O) groups excluding carboxylic acids is 4. The topological polar surface area (TPSA) is 129 Å². The number of halogens is 1. The first kappa shape index (κ1) is 31.3. The lowest BCUT2D eigenvalue weighted by molar-refractivity contribution is -0.143. The Morgan fingerprint density at radius 3 is 2.44 bits per heavy atom. The molecule has 2 heterocycles. The zero-order valence-electron chi connectivity index (χ0n) is 25.1. The molecule has 0 radical (unpaired) electrons. The number of benzene rings is 1. The molecule has 6 atom stereocenters. The van der Waals surface area contributed by atoms with Crippen molar-refractivity contribution in [1.29, 1.82) is 0 Å². The van der Waals surface area contributed by atoms with E-state index in [1.165, 1.54) is 13.8 Å². The molecule has 2 aliphatic heterocycles. The van der Waals surface area contributed by atoms with Crippen molar-refractivity contribution in [2.45, 2.75) is 104 Å². The van der Waals surface area contributed by atoms with E-state index in [2.05, 4.69) is 19.2 Å². The monoisotopic (exact) mass is 591 g/mol. The van der Waals surface area contributed by atoms with Gasteiger partial charge in [-0.15, -0.1) is 0 Å². The standard InChI is InChI=1S/C30H42ClN3O7/c1-9-33(25(37)23-30(40-23)13-12-16(2)14-17(30)3)18-10-11-19(31)20(15-18)32-24(36)21(22(35)28(4,5)6)34-26(38)29(7,8)41-27(34)39/h10-11,15-17,21-23,35H,9,12-14H2,1-8H3,(H,32,36). The maximum Gasteiger partial charge on any atom is 0.418 e. The minimum atomic E-state index is -1.59. The van der Waals surface area contributed by atoms with E-state index < -0.39 is 52.8 Å². The Bertz CT molecular complexity index is 1240. The highest BCUT2D eigenvalue weighted by molar-refractivity contribution is 6.34. The van der Waals surface area contributed by atoms with Crippen LogP contribution in [0.1, 0.15) is 74.7 Å². The van der Waals surface area contributed by atoms with Crippen molar-refractivity contribution >= 4 is 46.8 Å². The number of imide groups is 1. The highest BCUT2D eigenvalue weighted by Crippen LogP contribution is 2.53. The normalized spacial score (nSPS) is 28.7. The molecule has 226 valence electrons. The van der Waals surface area contributed by atoms with E-state index in [0.717, 1.165) is 19.3 Å². The zero-order chi connectivity index (χ0) is 30.7. The van der Waals surface area contributed by atoms with Crippen LogP contribution in [0, 0.1) is 17.3 Å². The first-order valence-electron chi connectivity index (χ1n) is 14.3. The number of ether oxygens (including phenoxy) is 2. The largest absolute Gasteiger partial charge is 0.433 e. The van der Waals surface area contributed by atoms with Gasteiger partial charge in [-0.2, -0.15) is 0 Å². The summed E-state index contributed by atoms with van der Waals surface area (Å²) >= 11 is 6.45. The van der Waals surface area contributed by atoms with Crippen LogP contribution in [0.3, 0.4) is 0 Å². The number of epoxide rings is 1. The molecule has 10 nitrogen and oxygen atoms in total. The van der Waals surface area contributed by atoms with Gasteiger partial charge in [0, 0.05) is 12.2 Å². The second-order valence-corrected chi connectivity index (χ2v) is 13.7. The van der Waals surface area contributed by atoms with Gasteiger partial charge in [-0.25, -0.2) is 9.69 Å². The molecule has 3 fully saturated rings. The molecule has 2 N–H and O–H groups in total. The van der Waals surface area contributed by atoms with Crippen LogP contribution in [0.2, 0.25) is 5.02 Å². The van der Waals surface area contributed by atoms with E-state index in [1.807, 2.05) is 6.92 Å². The summed E-state index contributed by atoms with van der Waals surface area (Å²) in [4.78, 5) is 55.3. The molecule has 4 rings (SSSR count). The minimum Gasteiger partial charge on any atom is -0.433 e. The molecule has 6 unspecified atom stereocenters. The second-order valence-electron chi connectivity index (χ2n) is 13.3. The number of hydrogen-bond acceptors (Lipinski definition) is 7. The van der Waals surface area contributed by atoms with Crippen molar-refractivity contribution in [3.63, 3.8) is 0 Å². The van der Waals surface area contributed by atoms with Gasteiger partial charge in [0.2, 0.25) is 0 Å². The first-order chi connectivity index (χ1) is 18.9. The smallest absolute Gasteiger partial charge is 0.418 e. The Morgan fingerprint density at radius 1 is 1.24 bits per heavy atom. The fraction of sp³-hybridized carbons (Fsp3) is 0.667. The molecule has 1 aromatic rings. The van der Waals surface area contributed by atoms with Crippen LogP contribution in [0.25, 0.3) is 0 Å². The van der Waals surface area contributed by atoms with E-state index >= 15 is 0 Å². The van der Waals surface area contributed by atoms with Gasteiger partial charge >= 0.3 is 6.09 Å². The molecule has 1 aromatic carbocycles. The molecule has 1 spiro atoms. The van der Waals surface area contributed by atoms with Gasteiger partial charge < -0.3 is 24.8 Å². The lowest BCUT2D eigenvalue weighted by Gasteiger charge is -2.35. The van der Waals surface area contributed by atoms with Crippen LogP contribution < -0.4 is 10.2 Å². The molecule has 2 saturated heterocycles. The molecule has 41 heavy (non-hydrogen) atoms. The average molecular weight is 592 g/mol. The Morgan fingerprint density at radius 2 is 1.90 bits per heavy atom. The summed E-state index contributed by atoms with van der Waals surface area (Å²) in [5.74, 6) is -0.835. The maximum absolute atomic E-state index is 13.7. The zero-order valence-corrected chi connectivity index (χ0v) is 25.9. The molecule has 0 bridgehead atoms. The number of anilines is 2. The Kier molecular flexibility index (Phi) is 8.28. The van der Waals surface area contributed by atoms with E-state index in [9.17, 15) is 24.3 Å². The Hall–Kier alpha value is -2.69. The molecule has 4 amide bonds. The molecule has 1 saturated carbocycles. The van der Waals surface area contributed by atoms with Crippen LogP contribution in [0.5, 0.6) is 0 Å². The van der Waals surface area contributed by atoms with Crippen LogP contribution in [-0.2, 0) is 23.9 Å². The number of aliphatic hydroxyl groups excluding tert-OH is 1. The lowest BCUT2D eigenvalue weighted by Crippen LogP contribution is -2.57. The Labute approximate surface area is 246 Å². The number of likely N-dealkylation sites (N-methyl/N-ethyl adjacent to an activating group) is 1. The van der Waals surface area contributed by atoms with E-state index in [0.29, 0.717) is 23.0 Å². The Balaban J connectivity index is 1.59. The molecule has 3 aliphatic rings. The molecule has 0 aromatic heterocycles. The number of nitrogens with zero attached hydrogens (tertiary/aromatic N) is 2. The SMILES string of the molecule is CCN(C(=O)C1OC12CCC(C)CC2C)c1ccc(Cl)c(NC(=O)C(C(O)C(C)(C)C)N2C(=O)OC(C)(C)C2=O)c1. The quantitative estimate of drug-likeness (QED) is 0.437. The third-order valence-electron chi connectivity index (χ3n) is 8.67.